The molecule has 0 aliphatic carbocycles. The van der Waals surface area contributed by atoms with Crippen molar-refractivity contribution in [2.45, 2.75) is 84.7 Å². The normalized spacial score (nSPS) is 19.4. The highest BCUT2D eigenvalue weighted by Gasteiger charge is 2.27. The van der Waals surface area contributed by atoms with Gasteiger partial charge in [0.25, 0.3) is 0 Å². The first-order valence-corrected chi connectivity index (χ1v) is 13.7. The molecule has 0 N–H and O–H groups in total. The van der Waals surface area contributed by atoms with E-state index in [0.29, 0.717) is 50.3 Å². The van der Waals surface area contributed by atoms with Gasteiger partial charge in [0, 0.05) is 44.2 Å². The van der Waals surface area contributed by atoms with Crippen LogP contribution in [0.1, 0.15) is 79.2 Å². The molecule has 0 radical (unpaired) electrons. The lowest BCUT2D eigenvalue weighted by atomic mass is 9.95. The number of ether oxygens (including phenoxy) is 1. The van der Waals surface area contributed by atoms with E-state index in [0.717, 1.165) is 43.7 Å². The van der Waals surface area contributed by atoms with Crippen molar-refractivity contribution in [3.8, 4) is 5.75 Å². The van der Waals surface area contributed by atoms with Gasteiger partial charge in [-0.25, -0.2) is 0 Å². The number of piperidine rings is 1. The van der Waals surface area contributed by atoms with Gasteiger partial charge in [0.1, 0.15) is 12.4 Å². The van der Waals surface area contributed by atoms with Crippen LogP contribution < -0.4 is 4.74 Å². The zero-order valence-corrected chi connectivity index (χ0v) is 22.5. The number of carbonyl (C=O) groups excluding carboxylic acids is 3. The number of carbonyl (C=O) groups is 3. The maximum Gasteiger partial charge on any atom is 0.224 e. The number of hydrogen-bond acceptors (Lipinski definition) is 5. The van der Waals surface area contributed by atoms with E-state index in [9.17, 15) is 14.4 Å². The predicted molar refractivity (Wildman–Crippen MR) is 142 cm³/mol. The minimum Gasteiger partial charge on any atom is -0.492 e. The summed E-state index contributed by atoms with van der Waals surface area (Å²) in [5, 5.41) is 4.47. The Hall–Kier alpha value is -3.16. The van der Waals surface area contributed by atoms with Crippen molar-refractivity contribution in [1.29, 1.82) is 0 Å². The Kier molecular flexibility index (Phi) is 9.00. The third-order valence-electron chi connectivity index (χ3n) is 7.68. The number of nitrogens with zero attached hydrogens (tertiary/aromatic N) is 4. The van der Waals surface area contributed by atoms with Gasteiger partial charge in [-0.3, -0.25) is 19.1 Å². The predicted octanol–water partition coefficient (Wildman–Crippen LogP) is 4.11. The van der Waals surface area contributed by atoms with Crippen LogP contribution in [-0.4, -0.2) is 69.5 Å². The minimum atomic E-state index is -0.0139. The van der Waals surface area contributed by atoms with Crippen LogP contribution in [0.25, 0.3) is 0 Å². The molecule has 1 saturated heterocycles. The maximum atomic E-state index is 13.3. The molecule has 1 unspecified atom stereocenters. The Bertz CT molecular complexity index is 1130. The molecule has 0 saturated carbocycles. The average Bonchev–Trinajstić information content (AvgIpc) is 3.17. The quantitative estimate of drug-likeness (QED) is 0.581. The summed E-state index contributed by atoms with van der Waals surface area (Å²) in [6.07, 6.45) is 6.55. The molecule has 1 atom stereocenters. The largest absolute Gasteiger partial charge is 0.492 e. The summed E-state index contributed by atoms with van der Waals surface area (Å²) in [6, 6.07) is 8.45. The number of aryl methyl sites for hydroxylation is 3. The molecule has 2 aliphatic heterocycles. The summed E-state index contributed by atoms with van der Waals surface area (Å²) in [5.74, 6) is 1.01. The molecule has 8 heteroatoms. The molecule has 0 spiro atoms. The van der Waals surface area contributed by atoms with Gasteiger partial charge >= 0.3 is 0 Å². The lowest BCUT2D eigenvalue weighted by Crippen LogP contribution is -2.44. The van der Waals surface area contributed by atoms with E-state index < -0.39 is 0 Å². The van der Waals surface area contributed by atoms with E-state index in [1.807, 2.05) is 30.9 Å². The minimum absolute atomic E-state index is 0.00175. The summed E-state index contributed by atoms with van der Waals surface area (Å²) < 4.78 is 7.78. The van der Waals surface area contributed by atoms with Crippen LogP contribution in [-0.2, 0) is 22.6 Å². The van der Waals surface area contributed by atoms with Crippen molar-refractivity contribution in [2.24, 2.45) is 0 Å². The molecule has 2 amide bonds. The Balaban J connectivity index is 1.45. The highest BCUT2D eigenvalue weighted by molar-refractivity contribution is 5.96. The Morgan fingerprint density at radius 3 is 2.68 bits per heavy atom. The first kappa shape index (κ1) is 26.9. The second-order valence-electron chi connectivity index (χ2n) is 10.3. The second-order valence-corrected chi connectivity index (χ2v) is 10.3. The summed E-state index contributed by atoms with van der Waals surface area (Å²) in [5.41, 5.74) is 3.33. The number of benzene rings is 1. The summed E-state index contributed by atoms with van der Waals surface area (Å²) in [7, 11) is 0. The van der Waals surface area contributed by atoms with Crippen molar-refractivity contribution >= 4 is 17.6 Å². The van der Waals surface area contributed by atoms with Gasteiger partial charge in [-0.2, -0.15) is 5.10 Å². The van der Waals surface area contributed by atoms with Crippen molar-refractivity contribution < 1.29 is 19.1 Å². The molecule has 8 nitrogen and oxygen atoms in total. The lowest BCUT2D eigenvalue weighted by molar-refractivity contribution is -0.136. The van der Waals surface area contributed by atoms with Gasteiger partial charge < -0.3 is 14.5 Å². The molecule has 200 valence electrons. The number of hydrogen-bond donors (Lipinski definition) is 0. The fourth-order valence-electron chi connectivity index (χ4n) is 5.74. The molecular formula is C29H40N4O4. The summed E-state index contributed by atoms with van der Waals surface area (Å²) in [4.78, 5) is 42.2. The summed E-state index contributed by atoms with van der Waals surface area (Å²) in [6.45, 7) is 7.84. The van der Waals surface area contributed by atoms with E-state index in [1.165, 1.54) is 12.0 Å². The molecular weight excluding hydrogens is 468 g/mol. The van der Waals surface area contributed by atoms with Crippen molar-refractivity contribution in [3.05, 3.63) is 46.8 Å². The van der Waals surface area contributed by atoms with E-state index in [4.69, 9.17) is 4.74 Å². The van der Waals surface area contributed by atoms with Crippen LogP contribution in [0.15, 0.2) is 24.3 Å². The van der Waals surface area contributed by atoms with Crippen molar-refractivity contribution in [3.63, 3.8) is 0 Å². The second kappa shape index (κ2) is 12.4. The first-order chi connectivity index (χ1) is 17.8. The SMILES string of the molecule is CC(=O)c1c(C)nn(CCC(=O)N2CCCC(=O)N3CCCCC3CCc3cccc(c3)OCC2)c1C. The van der Waals surface area contributed by atoms with Crippen LogP contribution in [0.5, 0.6) is 5.75 Å². The van der Waals surface area contributed by atoms with Crippen molar-refractivity contribution in [1.82, 2.24) is 19.6 Å². The molecule has 1 fully saturated rings. The lowest BCUT2D eigenvalue weighted by Gasteiger charge is -2.36. The van der Waals surface area contributed by atoms with E-state index >= 15 is 0 Å². The number of Topliss-reactive ketones (excluding diaryl/α,β-unsaturated/α-hetero) is 1. The molecule has 2 aromatic rings. The summed E-state index contributed by atoms with van der Waals surface area (Å²) >= 11 is 0. The number of ketones is 1. The monoisotopic (exact) mass is 508 g/mol. The van der Waals surface area contributed by atoms with Crippen LogP contribution >= 0.6 is 0 Å². The van der Waals surface area contributed by atoms with E-state index in [-0.39, 0.29) is 30.1 Å². The zero-order chi connectivity index (χ0) is 26.4. The van der Waals surface area contributed by atoms with Crippen LogP contribution in [0.3, 0.4) is 0 Å². The van der Waals surface area contributed by atoms with Gasteiger partial charge in [0.15, 0.2) is 5.78 Å². The highest BCUT2D eigenvalue weighted by Crippen LogP contribution is 2.24. The van der Waals surface area contributed by atoms with Crippen LogP contribution in [0.4, 0.5) is 0 Å². The molecule has 2 bridgehead atoms. The fourth-order valence-corrected chi connectivity index (χ4v) is 5.74. The van der Waals surface area contributed by atoms with E-state index in [2.05, 4.69) is 22.1 Å². The number of amides is 2. The average molecular weight is 509 g/mol. The molecule has 1 aromatic heterocycles. The van der Waals surface area contributed by atoms with Gasteiger partial charge in [0.2, 0.25) is 11.8 Å². The molecule has 1 aromatic carbocycles. The number of fused-ring (bicyclic) bond motifs is 3. The van der Waals surface area contributed by atoms with Gasteiger partial charge in [-0.05, 0) is 77.0 Å². The third-order valence-corrected chi connectivity index (χ3v) is 7.68. The van der Waals surface area contributed by atoms with Crippen LogP contribution in [0.2, 0.25) is 0 Å². The molecule has 3 heterocycles. The molecule has 4 rings (SSSR count). The van der Waals surface area contributed by atoms with Gasteiger partial charge in [0.05, 0.1) is 17.8 Å². The zero-order valence-electron chi connectivity index (χ0n) is 22.5. The van der Waals surface area contributed by atoms with Gasteiger partial charge in [-0.15, -0.1) is 0 Å². The fraction of sp³-hybridized carbons (Fsp3) is 0.586. The topological polar surface area (TPSA) is 84.7 Å². The Labute approximate surface area is 220 Å². The smallest absolute Gasteiger partial charge is 0.224 e. The number of aromatic nitrogens is 2. The number of rotatable bonds is 4. The third kappa shape index (κ3) is 6.79. The standard InChI is InChI=1S/C29H40N4O4/c1-21-29(23(3)34)22(2)33(30-21)17-14-27(35)31-15-7-11-28(36)32-16-5-4-9-25(32)13-12-24-8-6-10-26(20-24)37-19-18-31/h6,8,10,20,25H,4-5,7,9,11-19H2,1-3H3. The van der Waals surface area contributed by atoms with Crippen LogP contribution in [0, 0.1) is 13.8 Å². The van der Waals surface area contributed by atoms with E-state index in [1.54, 1.807) is 11.6 Å². The molecule has 37 heavy (non-hydrogen) atoms. The highest BCUT2D eigenvalue weighted by atomic mass is 16.5. The van der Waals surface area contributed by atoms with Gasteiger partial charge in [-0.1, -0.05) is 12.1 Å². The molecule has 2 aliphatic rings. The Morgan fingerprint density at radius 2 is 1.89 bits per heavy atom. The van der Waals surface area contributed by atoms with Crippen molar-refractivity contribution in [2.75, 3.05) is 26.2 Å². The first-order valence-electron chi connectivity index (χ1n) is 13.7. The maximum absolute atomic E-state index is 13.3. The Morgan fingerprint density at radius 1 is 1.05 bits per heavy atom.